The molecule has 0 aliphatic carbocycles. The maximum Gasteiger partial charge on any atom is 0.373 e. The zero-order valence-electron chi connectivity index (χ0n) is 13.2. The van der Waals surface area contributed by atoms with Gasteiger partial charge in [-0.05, 0) is 25.1 Å². The summed E-state index contributed by atoms with van der Waals surface area (Å²) in [7, 11) is 0. The Morgan fingerprint density at radius 3 is 2.58 bits per heavy atom. The number of nitrogens with zero attached hydrogens (tertiary/aromatic N) is 1. The quantitative estimate of drug-likeness (QED) is 0.694. The van der Waals surface area contributed by atoms with Gasteiger partial charge in [-0.1, -0.05) is 22.5 Å². The molecule has 0 bridgehead atoms. The van der Waals surface area contributed by atoms with Gasteiger partial charge in [-0.3, -0.25) is 14.2 Å². The summed E-state index contributed by atoms with van der Waals surface area (Å²) in [6, 6.07) is 4.22. The van der Waals surface area contributed by atoms with E-state index in [1.165, 1.54) is 6.92 Å². The second kappa shape index (κ2) is 7.61. The zero-order chi connectivity index (χ0) is 19.6. The van der Waals surface area contributed by atoms with E-state index in [1.807, 2.05) is 0 Å². The Balaban J connectivity index is 0.000000758. The Hall–Kier alpha value is -2.81. The maximum atomic E-state index is 12.6. The first-order valence-electron chi connectivity index (χ1n) is 7.00. The fourth-order valence-electron chi connectivity index (χ4n) is 2.46. The number of anilines is 1. The van der Waals surface area contributed by atoms with Crippen molar-refractivity contribution >= 4 is 63.1 Å². The number of halogens is 1. The number of carbonyl (C=O) groups excluding carboxylic acids is 3. The van der Waals surface area contributed by atoms with Gasteiger partial charge in [0.25, 0.3) is 11.5 Å². The predicted molar refractivity (Wildman–Crippen MR) is 96.0 cm³/mol. The number of aliphatic carboxylic acids is 1. The molecule has 1 amide bonds. The number of rotatable bonds is 2. The zero-order valence-corrected chi connectivity index (χ0v) is 15.6. The topological polar surface area (TPSA) is 123 Å². The van der Waals surface area contributed by atoms with Crippen LogP contribution in [-0.4, -0.2) is 27.7 Å². The molecule has 1 aromatic heterocycles. The number of fused-ring (bicyclic) bond motifs is 1. The first kappa shape index (κ1) is 19.5. The highest BCUT2D eigenvalue weighted by Crippen LogP contribution is 2.32. The maximum absolute atomic E-state index is 12.6. The minimum Gasteiger partial charge on any atom is -0.480 e. The molecule has 8 nitrogen and oxygen atoms in total. The van der Waals surface area contributed by atoms with Crippen molar-refractivity contribution in [2.75, 3.05) is 5.32 Å². The van der Waals surface area contributed by atoms with Crippen molar-refractivity contribution in [3.05, 3.63) is 47.8 Å². The third kappa shape index (κ3) is 3.43. The summed E-state index contributed by atoms with van der Waals surface area (Å²) in [5.74, 6) is -1.52. The fraction of sp³-hybridized carbons (Fsp3) is 0.125. The molecule has 2 heterocycles. The lowest BCUT2D eigenvalue weighted by molar-refractivity contribution is -0.191. The van der Waals surface area contributed by atoms with Crippen molar-refractivity contribution in [3.8, 4) is 0 Å². The van der Waals surface area contributed by atoms with Gasteiger partial charge in [0.1, 0.15) is 10.6 Å². The summed E-state index contributed by atoms with van der Waals surface area (Å²) >= 11 is 4.36. The summed E-state index contributed by atoms with van der Waals surface area (Å²) in [5, 5.41) is 11.8. The largest absolute Gasteiger partial charge is 0.480 e. The Bertz CT molecular complexity index is 1110. The van der Waals surface area contributed by atoms with Gasteiger partial charge in [-0.2, -0.15) is 9.59 Å². The first-order chi connectivity index (χ1) is 12.2. The Kier molecular flexibility index (Phi) is 5.71. The standard InChI is InChI=1S/C15H11BrN2O4S.CO2/c1-6(15(21)22)18-7(2)23-12(14(18)20)11-9-5-8(16)3-4-10(9)17-13(11)19;2-1-3/h3-6H,2H2,1H3,(H,17,19)(H,21,22);/b12-11-;. The molecule has 2 N–H and O–H groups in total. The van der Waals surface area contributed by atoms with Crippen LogP contribution in [0.4, 0.5) is 5.69 Å². The first-order valence-corrected chi connectivity index (χ1v) is 8.61. The van der Waals surface area contributed by atoms with Crippen molar-refractivity contribution in [3.63, 3.8) is 0 Å². The summed E-state index contributed by atoms with van der Waals surface area (Å²) in [4.78, 5) is 52.3. The van der Waals surface area contributed by atoms with Gasteiger partial charge in [0.15, 0.2) is 0 Å². The molecular weight excluding hydrogens is 428 g/mol. The van der Waals surface area contributed by atoms with Gasteiger partial charge in [0, 0.05) is 15.7 Å². The number of amides is 1. The highest BCUT2D eigenvalue weighted by molar-refractivity contribution is 9.10. The third-order valence-electron chi connectivity index (χ3n) is 3.60. The number of carbonyl (C=O) groups is 2. The lowest BCUT2D eigenvalue weighted by atomic mass is 10.1. The van der Waals surface area contributed by atoms with E-state index in [-0.39, 0.29) is 22.2 Å². The SMILES string of the molecule is C=c1s/c(=C2\C(=O)Nc3ccc(Br)cc32)c(=O)n1C(C)C(=O)O.O=C=O. The number of benzene rings is 1. The van der Waals surface area contributed by atoms with E-state index in [9.17, 15) is 14.4 Å². The minimum absolute atomic E-state index is 0.192. The normalized spacial score (nSPS) is 15.2. The molecule has 1 unspecified atom stereocenters. The molecule has 134 valence electrons. The van der Waals surface area contributed by atoms with Crippen LogP contribution in [0.3, 0.4) is 0 Å². The lowest BCUT2D eigenvalue weighted by Gasteiger charge is -2.05. The molecular formula is C16H11BrN2O6S. The highest BCUT2D eigenvalue weighted by Gasteiger charge is 2.28. The highest BCUT2D eigenvalue weighted by atomic mass is 79.9. The predicted octanol–water partition coefficient (Wildman–Crippen LogP) is 0.296. The molecule has 0 saturated heterocycles. The van der Waals surface area contributed by atoms with Gasteiger partial charge in [0.05, 0.1) is 10.2 Å². The van der Waals surface area contributed by atoms with Crippen molar-refractivity contribution in [1.82, 2.24) is 4.57 Å². The molecule has 0 saturated carbocycles. The van der Waals surface area contributed by atoms with E-state index < -0.39 is 17.6 Å². The van der Waals surface area contributed by atoms with Crippen LogP contribution in [0.1, 0.15) is 18.5 Å². The second-order valence-corrected chi connectivity index (χ2v) is 7.12. The van der Waals surface area contributed by atoms with Crippen LogP contribution in [0, 0.1) is 0 Å². The van der Waals surface area contributed by atoms with Crippen LogP contribution in [0.15, 0.2) is 27.5 Å². The molecule has 3 rings (SSSR count). The van der Waals surface area contributed by atoms with Gasteiger partial charge in [0.2, 0.25) is 0 Å². The third-order valence-corrected chi connectivity index (χ3v) is 5.11. The van der Waals surface area contributed by atoms with E-state index in [1.54, 1.807) is 18.2 Å². The van der Waals surface area contributed by atoms with Crippen molar-refractivity contribution in [2.24, 2.45) is 0 Å². The number of nitrogens with one attached hydrogen (secondary N) is 1. The Morgan fingerprint density at radius 2 is 2.00 bits per heavy atom. The number of carboxylic acids is 1. The van der Waals surface area contributed by atoms with Gasteiger partial charge in [-0.25, -0.2) is 4.79 Å². The van der Waals surface area contributed by atoms with Gasteiger partial charge < -0.3 is 10.4 Å². The molecule has 1 atom stereocenters. The molecule has 2 aromatic rings. The van der Waals surface area contributed by atoms with Gasteiger partial charge in [-0.15, -0.1) is 11.3 Å². The number of hydrogen-bond donors (Lipinski definition) is 2. The van der Waals surface area contributed by atoms with E-state index in [2.05, 4.69) is 27.8 Å². The van der Waals surface area contributed by atoms with E-state index in [4.69, 9.17) is 14.7 Å². The number of thiazole rings is 1. The lowest BCUT2D eigenvalue weighted by Crippen LogP contribution is -2.37. The molecule has 26 heavy (non-hydrogen) atoms. The Morgan fingerprint density at radius 1 is 1.38 bits per heavy atom. The average molecular weight is 439 g/mol. The number of aromatic nitrogens is 1. The van der Waals surface area contributed by atoms with Crippen LogP contribution in [-0.2, 0) is 19.2 Å². The van der Waals surface area contributed by atoms with Crippen molar-refractivity contribution < 1.29 is 24.3 Å². The monoisotopic (exact) mass is 438 g/mol. The molecule has 1 aliphatic rings. The fourth-order valence-corrected chi connectivity index (χ4v) is 3.88. The van der Waals surface area contributed by atoms with Gasteiger partial charge >= 0.3 is 12.1 Å². The molecule has 10 heteroatoms. The molecule has 1 aliphatic heterocycles. The summed E-state index contributed by atoms with van der Waals surface area (Å²) in [6.07, 6.45) is 0.250. The second-order valence-electron chi connectivity index (χ2n) is 5.12. The molecule has 1 aromatic carbocycles. The Labute approximate surface area is 158 Å². The number of carboxylic acid groups (broad SMARTS) is 1. The van der Waals surface area contributed by atoms with Crippen LogP contribution in [0.5, 0.6) is 0 Å². The molecule has 0 radical (unpaired) electrons. The van der Waals surface area contributed by atoms with Crippen LogP contribution >= 0.6 is 27.3 Å². The smallest absolute Gasteiger partial charge is 0.373 e. The summed E-state index contributed by atoms with van der Waals surface area (Å²) in [5.41, 5.74) is 0.952. The van der Waals surface area contributed by atoms with Crippen molar-refractivity contribution in [2.45, 2.75) is 13.0 Å². The minimum atomic E-state index is -1.13. The van der Waals surface area contributed by atoms with Crippen molar-refractivity contribution in [1.29, 1.82) is 0 Å². The number of hydrogen-bond acceptors (Lipinski definition) is 6. The van der Waals surface area contributed by atoms with E-state index in [0.717, 1.165) is 20.4 Å². The molecule has 0 fully saturated rings. The van der Waals surface area contributed by atoms with Crippen LogP contribution in [0.25, 0.3) is 12.2 Å². The summed E-state index contributed by atoms with van der Waals surface area (Å²) < 4.78 is 2.36. The van der Waals surface area contributed by atoms with E-state index in [0.29, 0.717) is 15.9 Å². The molecule has 0 spiro atoms. The summed E-state index contributed by atoms with van der Waals surface area (Å²) in [6.45, 7) is 5.14. The van der Waals surface area contributed by atoms with E-state index >= 15 is 0 Å². The average Bonchev–Trinajstić information content (AvgIpc) is 3.02. The van der Waals surface area contributed by atoms with Crippen LogP contribution in [0.2, 0.25) is 0 Å². The van der Waals surface area contributed by atoms with Crippen LogP contribution < -0.4 is 20.1 Å².